The first-order chi connectivity index (χ1) is 8.76. The first-order valence-corrected chi connectivity index (χ1v) is 5.42. The van der Waals surface area contributed by atoms with Gasteiger partial charge in [0.25, 0.3) is 0 Å². The molecule has 6 nitrogen and oxygen atoms in total. The van der Waals surface area contributed by atoms with Gasteiger partial charge in [0, 0.05) is 6.07 Å². The molecule has 0 bridgehead atoms. The maximum absolute atomic E-state index is 13.4. The Labute approximate surface area is 109 Å². The van der Waals surface area contributed by atoms with E-state index in [9.17, 15) is 14.0 Å². The fourth-order valence-electron chi connectivity index (χ4n) is 1.22. The molecule has 3 N–H and O–H groups in total. The van der Waals surface area contributed by atoms with Crippen LogP contribution in [0.5, 0.6) is 5.75 Å². The lowest BCUT2D eigenvalue weighted by molar-refractivity contribution is -0.142. The molecule has 0 spiro atoms. The van der Waals surface area contributed by atoms with Crippen molar-refractivity contribution in [3.05, 3.63) is 24.0 Å². The van der Waals surface area contributed by atoms with Gasteiger partial charge in [-0.15, -0.1) is 0 Å². The number of anilines is 1. The van der Waals surface area contributed by atoms with Gasteiger partial charge in [-0.3, -0.25) is 0 Å². The molecule has 104 valence electrons. The van der Waals surface area contributed by atoms with E-state index in [1.54, 1.807) is 0 Å². The van der Waals surface area contributed by atoms with Gasteiger partial charge >= 0.3 is 12.0 Å². The Morgan fingerprint density at radius 2 is 2.00 bits per heavy atom. The highest BCUT2D eigenvalue weighted by Gasteiger charge is 2.29. The largest absolute Gasteiger partial charge is 0.497 e. The molecular weight excluding hydrogens is 255 g/mol. The van der Waals surface area contributed by atoms with Gasteiger partial charge < -0.3 is 20.5 Å². The Morgan fingerprint density at radius 1 is 1.37 bits per heavy atom. The number of hydrogen-bond donors (Lipinski definition) is 3. The second-order valence-electron chi connectivity index (χ2n) is 4.36. The Kier molecular flexibility index (Phi) is 4.31. The number of aliphatic carboxylic acids is 1. The minimum Gasteiger partial charge on any atom is -0.497 e. The molecule has 0 radical (unpaired) electrons. The van der Waals surface area contributed by atoms with Crippen molar-refractivity contribution in [3.8, 4) is 5.75 Å². The quantitative estimate of drug-likeness (QED) is 0.778. The van der Waals surface area contributed by atoms with E-state index < -0.39 is 23.4 Å². The van der Waals surface area contributed by atoms with Crippen LogP contribution >= 0.6 is 0 Å². The number of hydrogen-bond acceptors (Lipinski definition) is 3. The Bertz CT molecular complexity index is 503. The number of urea groups is 1. The lowest BCUT2D eigenvalue weighted by Gasteiger charge is -2.21. The third-order valence-electron chi connectivity index (χ3n) is 2.38. The van der Waals surface area contributed by atoms with Crippen LogP contribution in [0.15, 0.2) is 18.2 Å². The summed E-state index contributed by atoms with van der Waals surface area (Å²) in [5.41, 5.74) is -1.56. The van der Waals surface area contributed by atoms with E-state index in [-0.39, 0.29) is 5.69 Å². The third kappa shape index (κ3) is 3.84. The van der Waals surface area contributed by atoms with Crippen LogP contribution < -0.4 is 15.4 Å². The molecule has 0 fully saturated rings. The number of carbonyl (C=O) groups excluding carboxylic acids is 1. The standard InChI is InChI=1S/C12H15FN2O4/c1-12(2,10(16)17)15-11(18)14-9-6-7(19-3)4-5-8(9)13/h4-6H,1-3H3,(H,16,17)(H2,14,15,18). The van der Waals surface area contributed by atoms with E-state index in [1.165, 1.54) is 33.1 Å². The van der Waals surface area contributed by atoms with E-state index in [0.29, 0.717) is 5.75 Å². The van der Waals surface area contributed by atoms with Gasteiger partial charge in [0.2, 0.25) is 0 Å². The number of carboxylic acids is 1. The lowest BCUT2D eigenvalue weighted by atomic mass is 10.1. The highest BCUT2D eigenvalue weighted by Crippen LogP contribution is 2.21. The summed E-state index contributed by atoms with van der Waals surface area (Å²) in [7, 11) is 1.41. The molecule has 2 amide bonds. The molecule has 0 unspecified atom stereocenters. The van der Waals surface area contributed by atoms with Crippen molar-refractivity contribution in [1.82, 2.24) is 5.32 Å². The van der Waals surface area contributed by atoms with E-state index >= 15 is 0 Å². The fraction of sp³-hybridized carbons (Fsp3) is 0.333. The number of carboxylic acid groups (broad SMARTS) is 1. The van der Waals surface area contributed by atoms with Crippen molar-refractivity contribution in [1.29, 1.82) is 0 Å². The highest BCUT2D eigenvalue weighted by molar-refractivity contribution is 5.93. The summed E-state index contributed by atoms with van der Waals surface area (Å²) < 4.78 is 18.3. The summed E-state index contributed by atoms with van der Waals surface area (Å²) >= 11 is 0. The summed E-state index contributed by atoms with van der Waals surface area (Å²) in [6.07, 6.45) is 0. The van der Waals surface area contributed by atoms with Crippen LogP contribution in [0.4, 0.5) is 14.9 Å². The topological polar surface area (TPSA) is 87.7 Å². The Balaban J connectivity index is 2.80. The van der Waals surface area contributed by atoms with Gasteiger partial charge in [0.05, 0.1) is 12.8 Å². The zero-order chi connectivity index (χ0) is 14.6. The van der Waals surface area contributed by atoms with Gasteiger partial charge in [0.15, 0.2) is 0 Å². The Morgan fingerprint density at radius 3 is 2.53 bits per heavy atom. The normalized spacial score (nSPS) is 10.7. The first-order valence-electron chi connectivity index (χ1n) is 5.42. The zero-order valence-corrected chi connectivity index (χ0v) is 10.8. The van der Waals surface area contributed by atoms with Gasteiger partial charge in [0.1, 0.15) is 17.1 Å². The maximum Gasteiger partial charge on any atom is 0.328 e. The van der Waals surface area contributed by atoms with Crippen molar-refractivity contribution < 1.29 is 23.8 Å². The van der Waals surface area contributed by atoms with Crippen LogP contribution in [0.1, 0.15) is 13.8 Å². The highest BCUT2D eigenvalue weighted by atomic mass is 19.1. The predicted molar refractivity (Wildman–Crippen MR) is 66.8 cm³/mol. The van der Waals surface area contributed by atoms with Crippen LogP contribution in [0.3, 0.4) is 0 Å². The summed E-state index contributed by atoms with van der Waals surface area (Å²) in [4.78, 5) is 22.4. The van der Waals surface area contributed by atoms with E-state index in [4.69, 9.17) is 9.84 Å². The maximum atomic E-state index is 13.4. The summed E-state index contributed by atoms with van der Waals surface area (Å²) in [5.74, 6) is -1.48. The van der Waals surface area contributed by atoms with Gasteiger partial charge in [-0.05, 0) is 26.0 Å². The van der Waals surface area contributed by atoms with E-state index in [1.807, 2.05) is 0 Å². The number of benzene rings is 1. The second kappa shape index (κ2) is 5.55. The molecule has 0 aliphatic carbocycles. The second-order valence-corrected chi connectivity index (χ2v) is 4.36. The smallest absolute Gasteiger partial charge is 0.328 e. The van der Waals surface area contributed by atoms with Crippen LogP contribution in [0, 0.1) is 5.82 Å². The number of rotatable bonds is 4. The molecule has 0 heterocycles. The number of ether oxygens (including phenoxy) is 1. The van der Waals surface area contributed by atoms with Crippen molar-refractivity contribution in [2.24, 2.45) is 0 Å². The lowest BCUT2D eigenvalue weighted by Crippen LogP contribution is -2.51. The van der Waals surface area contributed by atoms with Crippen molar-refractivity contribution in [2.75, 3.05) is 12.4 Å². The molecule has 0 atom stereocenters. The van der Waals surface area contributed by atoms with Crippen LogP contribution in [0.25, 0.3) is 0 Å². The molecule has 19 heavy (non-hydrogen) atoms. The molecule has 1 aromatic carbocycles. The molecule has 0 saturated heterocycles. The zero-order valence-electron chi connectivity index (χ0n) is 10.8. The van der Waals surface area contributed by atoms with E-state index in [0.717, 1.165) is 6.07 Å². The SMILES string of the molecule is COc1ccc(F)c(NC(=O)NC(C)(C)C(=O)O)c1. The molecular formula is C12H15FN2O4. The molecule has 0 saturated carbocycles. The number of amides is 2. The van der Waals surface area contributed by atoms with Gasteiger partial charge in [-0.1, -0.05) is 0 Å². The number of halogens is 1. The summed E-state index contributed by atoms with van der Waals surface area (Å²) in [6, 6.07) is 3.01. The Hall–Kier alpha value is -2.31. The van der Waals surface area contributed by atoms with Crippen LogP contribution in [0.2, 0.25) is 0 Å². The van der Waals surface area contributed by atoms with Crippen molar-refractivity contribution in [2.45, 2.75) is 19.4 Å². The number of nitrogens with one attached hydrogen (secondary N) is 2. The van der Waals surface area contributed by atoms with Gasteiger partial charge in [-0.2, -0.15) is 0 Å². The van der Waals surface area contributed by atoms with Crippen molar-refractivity contribution >= 4 is 17.7 Å². The third-order valence-corrected chi connectivity index (χ3v) is 2.38. The minimum absolute atomic E-state index is 0.0990. The fourth-order valence-corrected chi connectivity index (χ4v) is 1.22. The molecule has 1 rings (SSSR count). The van der Waals surface area contributed by atoms with Gasteiger partial charge in [-0.25, -0.2) is 14.0 Å². The first kappa shape index (κ1) is 14.7. The molecule has 0 aliphatic rings. The number of carbonyl (C=O) groups is 2. The average Bonchev–Trinajstić information content (AvgIpc) is 2.31. The molecule has 0 aromatic heterocycles. The summed E-state index contributed by atoms with van der Waals surface area (Å²) in [5, 5.41) is 13.3. The predicted octanol–water partition coefficient (Wildman–Crippen LogP) is 1.82. The van der Waals surface area contributed by atoms with Crippen LogP contribution in [-0.2, 0) is 4.79 Å². The average molecular weight is 270 g/mol. The minimum atomic E-state index is -1.46. The molecule has 7 heteroatoms. The molecule has 0 aliphatic heterocycles. The van der Waals surface area contributed by atoms with Crippen LogP contribution in [-0.4, -0.2) is 29.8 Å². The molecule has 1 aromatic rings. The monoisotopic (exact) mass is 270 g/mol. The van der Waals surface area contributed by atoms with Crippen molar-refractivity contribution in [3.63, 3.8) is 0 Å². The number of methoxy groups -OCH3 is 1. The summed E-state index contributed by atoms with van der Waals surface area (Å²) in [6.45, 7) is 2.63. The van der Waals surface area contributed by atoms with E-state index in [2.05, 4.69) is 10.6 Å².